The molecule has 0 aliphatic carbocycles. The van der Waals surface area contributed by atoms with Crippen LogP contribution in [0.15, 0.2) is 23.8 Å². The van der Waals surface area contributed by atoms with Crippen LogP contribution < -0.4 is 5.48 Å². The molecule has 1 amide bonds. The minimum absolute atomic E-state index is 0.314. The summed E-state index contributed by atoms with van der Waals surface area (Å²) in [6.45, 7) is 8.28. The molecule has 178 valence electrons. The number of thioether (sulfide) groups is 1. The van der Waals surface area contributed by atoms with Crippen LogP contribution in [0.1, 0.15) is 91.9 Å². The molecule has 5 heteroatoms. The highest BCUT2D eigenvalue weighted by Crippen LogP contribution is 2.46. The van der Waals surface area contributed by atoms with Gasteiger partial charge in [0, 0.05) is 5.41 Å². The first-order valence-corrected chi connectivity index (χ1v) is 13.6. The van der Waals surface area contributed by atoms with Crippen molar-refractivity contribution in [1.82, 2.24) is 5.48 Å². The smallest absolute Gasteiger partial charge is 0.248 e. The number of nitrogens with one attached hydrogen (secondary N) is 1. The molecule has 2 fully saturated rings. The van der Waals surface area contributed by atoms with Crippen LogP contribution in [0.3, 0.4) is 0 Å². The van der Waals surface area contributed by atoms with E-state index in [1.807, 2.05) is 13.8 Å². The van der Waals surface area contributed by atoms with Gasteiger partial charge in [-0.15, -0.1) is 0 Å². The Kier molecular flexibility index (Phi) is 11.7. The molecule has 2 heterocycles. The van der Waals surface area contributed by atoms with Crippen LogP contribution in [0.25, 0.3) is 0 Å². The third kappa shape index (κ3) is 8.25. The molecular formula is C26H45NO3S. The lowest BCUT2D eigenvalue weighted by Crippen LogP contribution is -2.34. The molecule has 0 saturated carbocycles. The average Bonchev–Trinajstić information content (AvgIpc) is 3.36. The van der Waals surface area contributed by atoms with Gasteiger partial charge < -0.3 is 4.74 Å². The molecular weight excluding hydrogens is 406 g/mol. The first-order valence-electron chi connectivity index (χ1n) is 12.4. The van der Waals surface area contributed by atoms with E-state index in [0.717, 1.165) is 19.3 Å². The van der Waals surface area contributed by atoms with Crippen molar-refractivity contribution in [2.24, 2.45) is 17.3 Å². The predicted molar refractivity (Wildman–Crippen MR) is 131 cm³/mol. The Balaban J connectivity index is 1.74. The van der Waals surface area contributed by atoms with Crippen molar-refractivity contribution in [3.8, 4) is 0 Å². The molecule has 0 aromatic heterocycles. The second-order valence-corrected chi connectivity index (χ2v) is 11.0. The second kappa shape index (κ2) is 13.7. The average molecular weight is 452 g/mol. The lowest BCUT2D eigenvalue weighted by molar-refractivity contribution is -0.138. The van der Waals surface area contributed by atoms with Gasteiger partial charge in [0.2, 0.25) is 5.91 Å². The fourth-order valence-electron chi connectivity index (χ4n) is 4.86. The van der Waals surface area contributed by atoms with Gasteiger partial charge in [0.15, 0.2) is 0 Å². The second-order valence-electron chi connectivity index (χ2n) is 9.87. The predicted octanol–water partition coefficient (Wildman–Crippen LogP) is 6.69. The third-order valence-electron chi connectivity index (χ3n) is 7.14. The zero-order valence-corrected chi connectivity index (χ0v) is 21.0. The Morgan fingerprint density at radius 1 is 1.16 bits per heavy atom. The van der Waals surface area contributed by atoms with Crippen LogP contribution in [0.4, 0.5) is 0 Å². The summed E-state index contributed by atoms with van der Waals surface area (Å²) in [5, 5.41) is 8.85. The summed E-state index contributed by atoms with van der Waals surface area (Å²) in [6, 6.07) is 0. The highest BCUT2D eigenvalue weighted by atomic mass is 32.2. The van der Waals surface area contributed by atoms with Gasteiger partial charge in [-0.1, -0.05) is 64.3 Å². The number of amides is 1. The summed E-state index contributed by atoms with van der Waals surface area (Å²) in [5.41, 5.74) is 2.86. The minimum atomic E-state index is -0.546. The number of carbonyl (C=O) groups is 1. The molecule has 0 aromatic rings. The van der Waals surface area contributed by atoms with E-state index in [2.05, 4.69) is 43.8 Å². The summed E-state index contributed by atoms with van der Waals surface area (Å²) < 4.78 is 6.28. The Labute approximate surface area is 194 Å². The van der Waals surface area contributed by atoms with Gasteiger partial charge in [-0.3, -0.25) is 10.0 Å². The molecule has 2 aliphatic rings. The highest BCUT2D eigenvalue weighted by Gasteiger charge is 2.47. The number of hydroxylamine groups is 1. The van der Waals surface area contributed by atoms with Gasteiger partial charge in [0.05, 0.1) is 12.2 Å². The lowest BCUT2D eigenvalue weighted by atomic mass is 9.78. The minimum Gasteiger partial charge on any atom is -0.374 e. The molecule has 2 rings (SSSR count). The summed E-state index contributed by atoms with van der Waals surface area (Å²) in [4.78, 5) is 11.7. The van der Waals surface area contributed by atoms with Crippen molar-refractivity contribution in [3.63, 3.8) is 0 Å². The van der Waals surface area contributed by atoms with E-state index < -0.39 is 5.41 Å². The number of fused-ring (bicyclic) bond motifs is 2. The molecule has 4 nitrogen and oxygen atoms in total. The number of allylic oxidation sites excluding steroid dienone is 4. The van der Waals surface area contributed by atoms with Crippen molar-refractivity contribution in [2.45, 2.75) is 104 Å². The van der Waals surface area contributed by atoms with Gasteiger partial charge in [-0.25, -0.2) is 5.48 Å². The van der Waals surface area contributed by atoms with Gasteiger partial charge in [0.25, 0.3) is 0 Å². The van der Waals surface area contributed by atoms with E-state index >= 15 is 0 Å². The Hall–Kier alpha value is -0.780. The molecule has 0 aromatic carbocycles. The van der Waals surface area contributed by atoms with Crippen LogP contribution in [0.2, 0.25) is 0 Å². The van der Waals surface area contributed by atoms with E-state index in [4.69, 9.17) is 9.94 Å². The fraction of sp³-hybridized carbons (Fsp3) is 0.808. The van der Waals surface area contributed by atoms with Gasteiger partial charge in [-0.2, -0.15) is 11.8 Å². The van der Waals surface area contributed by atoms with Crippen molar-refractivity contribution >= 4 is 17.7 Å². The quantitative estimate of drug-likeness (QED) is 0.126. The van der Waals surface area contributed by atoms with Crippen LogP contribution in [-0.2, 0) is 9.53 Å². The summed E-state index contributed by atoms with van der Waals surface area (Å²) in [7, 11) is 0. The number of hydrogen-bond acceptors (Lipinski definition) is 4. The van der Waals surface area contributed by atoms with Crippen molar-refractivity contribution < 1.29 is 14.7 Å². The van der Waals surface area contributed by atoms with E-state index in [0.29, 0.717) is 24.0 Å². The standard InChI is InChI=1S/C26H45NO3S/c1-5-7-9-12-20(6-2)16-18-31-19-22-21(23-14-15-24(22)30-23)13-10-8-11-17-26(3,4)25(28)27-29/h8,10,12,21-24,29H,5-7,9,11,13-19H2,1-4H3,(H,27,28)/b10-8-,20-12?/t21-,22+,23-,24+/m0/s1. The summed E-state index contributed by atoms with van der Waals surface area (Å²) >= 11 is 2.12. The van der Waals surface area contributed by atoms with Crippen LogP contribution >= 0.6 is 11.8 Å². The van der Waals surface area contributed by atoms with E-state index in [1.165, 1.54) is 56.5 Å². The molecule has 2 aliphatic heterocycles. The zero-order chi connectivity index (χ0) is 22.7. The van der Waals surface area contributed by atoms with Gasteiger partial charge in [0.1, 0.15) is 0 Å². The van der Waals surface area contributed by atoms with Crippen molar-refractivity contribution in [3.05, 3.63) is 23.8 Å². The maximum atomic E-state index is 11.7. The Morgan fingerprint density at radius 3 is 2.58 bits per heavy atom. The van der Waals surface area contributed by atoms with Crippen LogP contribution in [0, 0.1) is 17.3 Å². The third-order valence-corrected chi connectivity index (χ3v) is 8.25. The highest BCUT2D eigenvalue weighted by molar-refractivity contribution is 7.99. The molecule has 0 radical (unpaired) electrons. The molecule has 4 atom stereocenters. The van der Waals surface area contributed by atoms with Crippen molar-refractivity contribution in [2.75, 3.05) is 11.5 Å². The molecule has 2 N–H and O–H groups in total. The molecule has 2 bridgehead atoms. The lowest BCUT2D eigenvalue weighted by Gasteiger charge is -2.27. The van der Waals surface area contributed by atoms with E-state index in [-0.39, 0.29) is 5.91 Å². The number of unbranched alkanes of at least 4 members (excludes halogenated alkanes) is 2. The van der Waals surface area contributed by atoms with Gasteiger partial charge in [-0.05, 0) is 74.7 Å². The first-order chi connectivity index (χ1) is 14.9. The number of hydrogen-bond donors (Lipinski definition) is 2. The maximum absolute atomic E-state index is 11.7. The van der Waals surface area contributed by atoms with Crippen LogP contribution in [0.5, 0.6) is 0 Å². The number of rotatable bonds is 15. The SMILES string of the molecule is CCCCC=C(CC)CCSC[C@@H]1[C@H](C/C=C\CCC(C)(C)C(=O)NO)[C@@H]2CC[C@H]1O2. The van der Waals surface area contributed by atoms with Crippen LogP contribution in [-0.4, -0.2) is 34.8 Å². The van der Waals surface area contributed by atoms with Crippen molar-refractivity contribution in [1.29, 1.82) is 0 Å². The fourth-order valence-corrected chi connectivity index (χ4v) is 6.17. The van der Waals surface area contributed by atoms with E-state index in [1.54, 1.807) is 11.1 Å². The number of ether oxygens (including phenoxy) is 1. The summed E-state index contributed by atoms with van der Waals surface area (Å²) in [6.07, 6.45) is 19.2. The largest absolute Gasteiger partial charge is 0.374 e. The Bertz CT molecular complexity index is 601. The number of carbonyl (C=O) groups excluding carboxylic acids is 1. The summed E-state index contributed by atoms with van der Waals surface area (Å²) in [5.74, 6) is 3.45. The monoisotopic (exact) mass is 451 g/mol. The topological polar surface area (TPSA) is 58.6 Å². The normalized spacial score (nSPS) is 26.2. The first kappa shape index (κ1) is 26.5. The maximum Gasteiger partial charge on any atom is 0.248 e. The molecule has 31 heavy (non-hydrogen) atoms. The molecule has 0 spiro atoms. The zero-order valence-electron chi connectivity index (χ0n) is 20.2. The van der Waals surface area contributed by atoms with Gasteiger partial charge >= 0.3 is 0 Å². The molecule has 2 saturated heterocycles. The molecule has 0 unspecified atom stereocenters. The Morgan fingerprint density at radius 2 is 1.90 bits per heavy atom. The van der Waals surface area contributed by atoms with E-state index in [9.17, 15) is 4.79 Å².